The van der Waals surface area contributed by atoms with Crippen molar-refractivity contribution in [1.82, 2.24) is 4.57 Å². The van der Waals surface area contributed by atoms with Gasteiger partial charge in [0.1, 0.15) is 11.5 Å². The van der Waals surface area contributed by atoms with Gasteiger partial charge >= 0.3 is 5.97 Å². The van der Waals surface area contributed by atoms with E-state index < -0.39 is 16.9 Å². The molecule has 0 saturated heterocycles. The SMILES string of the molecule is CSc1ccc([C@H]2C(C(=O)OC(C)C)=C(C)N=c3s/c(=C\c4ccc(-c5ccc(C)c([N+](=O)[O-])c5)o4)c(=O)n32)cc1. The number of hydrogen-bond acceptors (Lipinski definition) is 9. The van der Waals surface area contributed by atoms with Crippen LogP contribution in [0, 0.1) is 17.0 Å². The number of fused-ring (bicyclic) bond motifs is 1. The minimum Gasteiger partial charge on any atom is -0.459 e. The fourth-order valence-electron chi connectivity index (χ4n) is 4.64. The van der Waals surface area contributed by atoms with E-state index in [1.54, 1.807) is 69.8 Å². The van der Waals surface area contributed by atoms with Gasteiger partial charge in [-0.15, -0.1) is 11.8 Å². The highest BCUT2D eigenvalue weighted by atomic mass is 32.2. The number of nitro groups is 1. The van der Waals surface area contributed by atoms with Crippen molar-refractivity contribution in [2.45, 2.75) is 44.7 Å². The lowest BCUT2D eigenvalue weighted by Gasteiger charge is -2.25. The van der Waals surface area contributed by atoms with E-state index >= 15 is 0 Å². The molecule has 9 nitrogen and oxygen atoms in total. The van der Waals surface area contributed by atoms with Crippen molar-refractivity contribution in [3.63, 3.8) is 0 Å². The maximum Gasteiger partial charge on any atom is 0.338 e. The van der Waals surface area contributed by atoms with Crippen molar-refractivity contribution in [2.24, 2.45) is 4.99 Å². The molecule has 41 heavy (non-hydrogen) atoms. The van der Waals surface area contributed by atoms with Crippen LogP contribution in [0.1, 0.15) is 43.7 Å². The van der Waals surface area contributed by atoms with E-state index in [1.807, 2.05) is 30.5 Å². The Labute approximate surface area is 243 Å². The number of allylic oxidation sites excluding steroid dienone is 1. The maximum absolute atomic E-state index is 13.8. The summed E-state index contributed by atoms with van der Waals surface area (Å²) in [5.41, 5.74) is 2.36. The summed E-state index contributed by atoms with van der Waals surface area (Å²) in [6.45, 7) is 6.97. The number of carbonyl (C=O) groups excluding carboxylic acids is 1. The molecule has 0 radical (unpaired) electrons. The molecule has 0 bridgehead atoms. The van der Waals surface area contributed by atoms with Gasteiger partial charge in [-0.1, -0.05) is 35.6 Å². The first-order valence-corrected chi connectivity index (χ1v) is 14.8. The van der Waals surface area contributed by atoms with Crippen LogP contribution in [-0.4, -0.2) is 27.8 Å². The molecule has 0 saturated carbocycles. The van der Waals surface area contributed by atoms with E-state index in [-0.39, 0.29) is 17.4 Å². The van der Waals surface area contributed by atoms with Crippen molar-refractivity contribution in [1.29, 1.82) is 0 Å². The average Bonchev–Trinajstić information content (AvgIpc) is 3.52. The minimum atomic E-state index is -0.712. The van der Waals surface area contributed by atoms with Crippen molar-refractivity contribution >= 4 is 40.8 Å². The van der Waals surface area contributed by atoms with Gasteiger partial charge in [-0.3, -0.25) is 19.5 Å². The summed E-state index contributed by atoms with van der Waals surface area (Å²) in [6.07, 6.45) is 3.26. The molecule has 11 heteroatoms. The summed E-state index contributed by atoms with van der Waals surface area (Å²) < 4.78 is 13.4. The third kappa shape index (κ3) is 5.55. The second-order valence-electron chi connectivity index (χ2n) is 9.77. The Morgan fingerprint density at radius 1 is 1.17 bits per heavy atom. The topological polar surface area (TPSA) is 117 Å². The lowest BCUT2D eigenvalue weighted by molar-refractivity contribution is -0.385. The van der Waals surface area contributed by atoms with E-state index in [9.17, 15) is 19.7 Å². The summed E-state index contributed by atoms with van der Waals surface area (Å²) >= 11 is 2.80. The second kappa shape index (κ2) is 11.3. The van der Waals surface area contributed by atoms with E-state index in [4.69, 9.17) is 9.15 Å². The Morgan fingerprint density at radius 3 is 2.56 bits per heavy atom. The first-order valence-electron chi connectivity index (χ1n) is 12.8. The number of esters is 1. The van der Waals surface area contributed by atoms with Gasteiger partial charge in [-0.2, -0.15) is 0 Å². The summed E-state index contributed by atoms with van der Waals surface area (Å²) in [4.78, 5) is 44.2. The molecule has 0 fully saturated rings. The molecule has 0 N–H and O–H groups in total. The lowest BCUT2D eigenvalue weighted by Crippen LogP contribution is -2.40. The Hall–Kier alpha value is -4.22. The molecule has 0 aliphatic carbocycles. The Bertz CT molecular complexity index is 1880. The van der Waals surface area contributed by atoms with Crippen LogP contribution in [0.2, 0.25) is 0 Å². The number of thiazole rings is 1. The van der Waals surface area contributed by atoms with Gasteiger partial charge in [-0.05, 0) is 63.8 Å². The molecular formula is C30H27N3O6S2. The van der Waals surface area contributed by atoms with E-state index in [0.717, 1.165) is 10.5 Å². The maximum atomic E-state index is 13.8. The number of rotatable bonds is 7. The molecule has 1 aliphatic heterocycles. The summed E-state index contributed by atoms with van der Waals surface area (Å²) in [5.74, 6) is 0.329. The minimum absolute atomic E-state index is 0.00138. The average molecular weight is 590 g/mol. The predicted molar refractivity (Wildman–Crippen MR) is 159 cm³/mol. The monoisotopic (exact) mass is 589 g/mol. The molecular weight excluding hydrogens is 562 g/mol. The number of ether oxygens (including phenoxy) is 1. The van der Waals surface area contributed by atoms with E-state index in [0.29, 0.717) is 43.3 Å². The number of benzene rings is 2. The van der Waals surface area contributed by atoms with E-state index in [1.165, 1.54) is 22.0 Å². The summed E-state index contributed by atoms with van der Waals surface area (Å²) in [5, 5.41) is 11.4. The van der Waals surface area contributed by atoms with Crippen LogP contribution >= 0.6 is 23.1 Å². The third-order valence-corrected chi connectivity index (χ3v) is 8.33. The number of thioether (sulfide) groups is 1. The van der Waals surface area contributed by atoms with Gasteiger partial charge in [0.2, 0.25) is 0 Å². The molecule has 210 valence electrons. The highest BCUT2D eigenvalue weighted by Crippen LogP contribution is 2.32. The quantitative estimate of drug-likeness (QED) is 0.123. The molecule has 5 rings (SSSR count). The van der Waals surface area contributed by atoms with Crippen LogP contribution < -0.4 is 14.9 Å². The Morgan fingerprint density at radius 2 is 1.90 bits per heavy atom. The van der Waals surface area contributed by atoms with Gasteiger partial charge in [0.25, 0.3) is 11.2 Å². The van der Waals surface area contributed by atoms with Gasteiger partial charge in [0, 0.05) is 28.2 Å². The molecule has 1 aliphatic rings. The molecule has 2 aromatic carbocycles. The normalized spacial score (nSPS) is 15.2. The van der Waals surface area contributed by atoms with Crippen molar-refractivity contribution in [3.8, 4) is 11.3 Å². The van der Waals surface area contributed by atoms with Crippen LogP contribution in [0.15, 0.2) is 85.0 Å². The first kappa shape index (κ1) is 28.3. The Balaban J connectivity index is 1.61. The predicted octanol–water partition coefficient (Wildman–Crippen LogP) is 5.39. The number of nitro benzene ring substituents is 1. The fourth-order valence-corrected chi connectivity index (χ4v) is 6.07. The van der Waals surface area contributed by atoms with Crippen LogP contribution in [-0.2, 0) is 9.53 Å². The molecule has 0 spiro atoms. The van der Waals surface area contributed by atoms with Crippen LogP contribution in [0.3, 0.4) is 0 Å². The van der Waals surface area contributed by atoms with Crippen molar-refractivity contribution in [3.05, 3.63) is 113 Å². The standard InChI is InChI=1S/C30H27N3O6S2/c1-16(2)38-29(35)26-18(4)31-30-32(27(26)19-8-11-22(40-5)12-9-19)28(34)25(41-30)15-21-10-13-24(39-21)20-7-6-17(3)23(14-20)33(36)37/h6-16,27H,1-5H3/b25-15-/t27-/m0/s1. The van der Waals surface area contributed by atoms with Crippen LogP contribution in [0.4, 0.5) is 5.69 Å². The Kier molecular flexibility index (Phi) is 7.83. The molecule has 2 aromatic heterocycles. The third-order valence-electron chi connectivity index (χ3n) is 6.61. The van der Waals surface area contributed by atoms with Crippen LogP contribution in [0.5, 0.6) is 0 Å². The number of aromatic nitrogens is 1. The summed E-state index contributed by atoms with van der Waals surface area (Å²) in [6, 6.07) is 15.3. The second-order valence-corrected chi connectivity index (χ2v) is 11.7. The number of furan rings is 1. The van der Waals surface area contributed by atoms with Crippen LogP contribution in [0.25, 0.3) is 17.4 Å². The van der Waals surface area contributed by atoms with Gasteiger partial charge < -0.3 is 9.15 Å². The lowest BCUT2D eigenvalue weighted by atomic mass is 9.96. The first-order chi connectivity index (χ1) is 19.6. The van der Waals surface area contributed by atoms with E-state index in [2.05, 4.69) is 4.99 Å². The van der Waals surface area contributed by atoms with Crippen molar-refractivity contribution < 1.29 is 18.9 Å². The van der Waals surface area contributed by atoms with Gasteiger partial charge in [0.15, 0.2) is 4.80 Å². The number of nitrogens with zero attached hydrogens (tertiary/aromatic N) is 3. The molecule has 0 unspecified atom stereocenters. The molecule has 4 aromatic rings. The number of carbonyl (C=O) groups is 1. The van der Waals surface area contributed by atoms with Gasteiger partial charge in [0.05, 0.1) is 32.9 Å². The molecule has 1 atom stereocenters. The zero-order chi connectivity index (χ0) is 29.4. The van der Waals surface area contributed by atoms with Gasteiger partial charge in [-0.25, -0.2) is 9.79 Å². The molecule has 0 amide bonds. The largest absolute Gasteiger partial charge is 0.459 e. The number of aryl methyl sites for hydroxylation is 1. The summed E-state index contributed by atoms with van der Waals surface area (Å²) in [7, 11) is 0. The molecule has 3 heterocycles. The zero-order valence-corrected chi connectivity index (χ0v) is 24.7. The number of hydrogen-bond donors (Lipinski definition) is 0. The zero-order valence-electron chi connectivity index (χ0n) is 23.0. The highest BCUT2D eigenvalue weighted by molar-refractivity contribution is 7.98. The smallest absolute Gasteiger partial charge is 0.338 e. The fraction of sp³-hybridized carbons (Fsp3) is 0.233. The van der Waals surface area contributed by atoms with Crippen molar-refractivity contribution in [2.75, 3.05) is 6.26 Å². The highest BCUT2D eigenvalue weighted by Gasteiger charge is 2.33.